The SMILES string of the molecule is Cc1cc(OCc2noc(=O)[nH]2)c(F)c(C)c1Cc1ccc(O)c(-c2ccc(F)cc2)n1. The van der Waals surface area contributed by atoms with Gasteiger partial charge in [-0.3, -0.25) is 9.51 Å². The first-order chi connectivity index (χ1) is 15.3. The lowest BCUT2D eigenvalue weighted by atomic mass is 9.97. The molecule has 2 aromatic carbocycles. The lowest BCUT2D eigenvalue weighted by Gasteiger charge is -2.15. The van der Waals surface area contributed by atoms with Gasteiger partial charge in [-0.25, -0.2) is 18.6 Å². The second kappa shape index (κ2) is 8.62. The zero-order chi connectivity index (χ0) is 22.8. The summed E-state index contributed by atoms with van der Waals surface area (Å²) in [4.78, 5) is 17.8. The number of rotatable bonds is 6. The minimum absolute atomic E-state index is 0.0262. The number of aromatic amines is 1. The van der Waals surface area contributed by atoms with Gasteiger partial charge in [-0.1, -0.05) is 5.16 Å². The smallest absolute Gasteiger partial charge is 0.439 e. The van der Waals surface area contributed by atoms with E-state index in [1.807, 2.05) is 6.92 Å². The summed E-state index contributed by atoms with van der Waals surface area (Å²) in [5, 5.41) is 13.7. The molecule has 0 saturated carbocycles. The number of hydrogen-bond donors (Lipinski definition) is 2. The first kappa shape index (κ1) is 21.2. The summed E-state index contributed by atoms with van der Waals surface area (Å²) in [5.41, 5.74) is 3.41. The number of halogens is 2. The van der Waals surface area contributed by atoms with Gasteiger partial charge in [0.05, 0.1) is 0 Å². The molecule has 164 valence electrons. The van der Waals surface area contributed by atoms with Crippen molar-refractivity contribution in [2.24, 2.45) is 0 Å². The summed E-state index contributed by atoms with van der Waals surface area (Å²) in [5.74, 6) is -1.49. The van der Waals surface area contributed by atoms with Crippen LogP contribution < -0.4 is 10.5 Å². The van der Waals surface area contributed by atoms with Crippen molar-refractivity contribution in [1.82, 2.24) is 15.1 Å². The van der Waals surface area contributed by atoms with E-state index in [9.17, 15) is 18.7 Å². The van der Waals surface area contributed by atoms with E-state index in [2.05, 4.69) is 19.6 Å². The van der Waals surface area contributed by atoms with Crippen molar-refractivity contribution in [2.45, 2.75) is 26.9 Å². The zero-order valence-corrected chi connectivity index (χ0v) is 17.3. The number of nitrogens with one attached hydrogen (secondary N) is 1. The fraction of sp³-hybridized carbons (Fsp3) is 0.174. The minimum atomic E-state index is -0.715. The Kier molecular flexibility index (Phi) is 5.72. The van der Waals surface area contributed by atoms with Crippen LogP contribution in [0, 0.1) is 25.5 Å². The number of nitrogens with zero attached hydrogens (tertiary/aromatic N) is 2. The molecule has 0 aliphatic carbocycles. The van der Waals surface area contributed by atoms with Crippen LogP contribution in [0.5, 0.6) is 11.5 Å². The molecule has 9 heteroatoms. The molecule has 0 fully saturated rings. The molecule has 0 unspecified atom stereocenters. The molecule has 2 heterocycles. The Bertz CT molecular complexity index is 1330. The highest BCUT2D eigenvalue weighted by molar-refractivity contribution is 5.66. The quantitative estimate of drug-likeness (QED) is 0.467. The Morgan fingerprint density at radius 1 is 1.12 bits per heavy atom. The lowest BCUT2D eigenvalue weighted by Crippen LogP contribution is -2.06. The van der Waals surface area contributed by atoms with E-state index in [0.717, 1.165) is 11.1 Å². The monoisotopic (exact) mass is 439 g/mol. The van der Waals surface area contributed by atoms with E-state index in [4.69, 9.17) is 4.74 Å². The molecule has 2 aromatic heterocycles. The van der Waals surface area contributed by atoms with E-state index in [0.29, 0.717) is 28.9 Å². The summed E-state index contributed by atoms with van der Waals surface area (Å²) in [6.45, 7) is 3.32. The van der Waals surface area contributed by atoms with Crippen LogP contribution in [0.1, 0.15) is 28.2 Å². The summed E-state index contributed by atoms with van der Waals surface area (Å²) >= 11 is 0. The number of benzene rings is 2. The van der Waals surface area contributed by atoms with Crippen LogP contribution in [-0.4, -0.2) is 20.2 Å². The van der Waals surface area contributed by atoms with Gasteiger partial charge in [-0.05, 0) is 73.0 Å². The van der Waals surface area contributed by atoms with Crippen LogP contribution in [0.15, 0.2) is 51.8 Å². The first-order valence-corrected chi connectivity index (χ1v) is 9.73. The van der Waals surface area contributed by atoms with Crippen LogP contribution in [0.3, 0.4) is 0 Å². The van der Waals surface area contributed by atoms with Crippen molar-refractivity contribution in [3.63, 3.8) is 0 Å². The standard InChI is InChI=1S/C23H19F2N3O4/c1-12-9-19(31-11-20-27-23(30)32-28-20)21(25)13(2)17(12)10-16-7-8-18(29)22(26-16)14-3-5-15(24)6-4-14/h3-9,29H,10-11H2,1-2H3,(H,27,28,30). The third kappa shape index (κ3) is 4.36. The lowest BCUT2D eigenvalue weighted by molar-refractivity contribution is 0.271. The molecule has 0 saturated heterocycles. The number of aryl methyl sites for hydroxylation is 1. The number of hydrogen-bond acceptors (Lipinski definition) is 6. The zero-order valence-electron chi connectivity index (χ0n) is 17.3. The Balaban J connectivity index is 1.60. The minimum Gasteiger partial charge on any atom is -0.506 e. The van der Waals surface area contributed by atoms with Gasteiger partial charge in [-0.2, -0.15) is 0 Å². The second-order valence-corrected chi connectivity index (χ2v) is 7.29. The number of H-pyrrole nitrogens is 1. The summed E-state index contributed by atoms with van der Waals surface area (Å²) < 4.78 is 38.0. The summed E-state index contributed by atoms with van der Waals surface area (Å²) in [7, 11) is 0. The maximum Gasteiger partial charge on any atom is 0.439 e. The molecular weight excluding hydrogens is 420 g/mol. The number of ether oxygens (including phenoxy) is 1. The Labute approximate surface area is 181 Å². The highest BCUT2D eigenvalue weighted by Gasteiger charge is 2.17. The molecule has 0 atom stereocenters. The van der Waals surface area contributed by atoms with Crippen LogP contribution in [0.25, 0.3) is 11.3 Å². The normalized spacial score (nSPS) is 11.0. The molecule has 2 N–H and O–H groups in total. The van der Waals surface area contributed by atoms with Crippen molar-refractivity contribution in [2.75, 3.05) is 0 Å². The molecule has 0 amide bonds. The van der Waals surface area contributed by atoms with Gasteiger partial charge in [0.1, 0.15) is 23.9 Å². The molecule has 0 spiro atoms. The largest absolute Gasteiger partial charge is 0.506 e. The highest BCUT2D eigenvalue weighted by Crippen LogP contribution is 2.31. The van der Waals surface area contributed by atoms with E-state index < -0.39 is 11.6 Å². The third-order valence-corrected chi connectivity index (χ3v) is 5.08. The van der Waals surface area contributed by atoms with Gasteiger partial charge >= 0.3 is 5.76 Å². The molecule has 0 aliphatic rings. The van der Waals surface area contributed by atoms with Gasteiger partial charge in [0, 0.05) is 17.7 Å². The Hall–Kier alpha value is -4.01. The van der Waals surface area contributed by atoms with Crippen molar-refractivity contribution in [1.29, 1.82) is 0 Å². The maximum atomic E-state index is 15.0. The average molecular weight is 439 g/mol. The van der Waals surface area contributed by atoms with Crippen LogP contribution in [0.2, 0.25) is 0 Å². The van der Waals surface area contributed by atoms with Gasteiger partial charge in [0.15, 0.2) is 17.4 Å². The number of aromatic hydroxyl groups is 1. The predicted octanol–water partition coefficient (Wildman–Crippen LogP) is 4.20. The molecule has 0 aliphatic heterocycles. The molecule has 7 nitrogen and oxygen atoms in total. The third-order valence-electron chi connectivity index (χ3n) is 5.08. The first-order valence-electron chi connectivity index (χ1n) is 9.73. The summed E-state index contributed by atoms with van der Waals surface area (Å²) in [6.07, 6.45) is 0.319. The summed E-state index contributed by atoms with van der Waals surface area (Å²) in [6, 6.07) is 10.4. The molecule has 4 rings (SSSR count). The van der Waals surface area contributed by atoms with Gasteiger partial charge < -0.3 is 9.84 Å². The van der Waals surface area contributed by atoms with Gasteiger partial charge in [0.25, 0.3) is 0 Å². The second-order valence-electron chi connectivity index (χ2n) is 7.29. The molecular formula is C23H19F2N3O4. The van der Waals surface area contributed by atoms with Crippen LogP contribution in [-0.2, 0) is 13.0 Å². The number of aromatic nitrogens is 3. The highest BCUT2D eigenvalue weighted by atomic mass is 19.1. The molecule has 0 radical (unpaired) electrons. The fourth-order valence-corrected chi connectivity index (χ4v) is 3.40. The van der Waals surface area contributed by atoms with E-state index in [-0.39, 0.29) is 29.7 Å². The van der Waals surface area contributed by atoms with E-state index in [1.54, 1.807) is 19.1 Å². The topological polar surface area (TPSA) is 101 Å². The maximum absolute atomic E-state index is 15.0. The van der Waals surface area contributed by atoms with Gasteiger partial charge in [-0.15, -0.1) is 0 Å². The van der Waals surface area contributed by atoms with E-state index in [1.165, 1.54) is 30.3 Å². The number of pyridine rings is 1. The average Bonchev–Trinajstić information content (AvgIpc) is 3.19. The predicted molar refractivity (Wildman–Crippen MR) is 111 cm³/mol. The fourth-order valence-electron chi connectivity index (χ4n) is 3.40. The molecule has 0 bridgehead atoms. The van der Waals surface area contributed by atoms with Crippen LogP contribution >= 0.6 is 0 Å². The van der Waals surface area contributed by atoms with E-state index >= 15 is 0 Å². The Morgan fingerprint density at radius 3 is 2.56 bits per heavy atom. The van der Waals surface area contributed by atoms with Crippen molar-refractivity contribution >= 4 is 0 Å². The van der Waals surface area contributed by atoms with Crippen molar-refractivity contribution < 1.29 is 23.1 Å². The molecule has 4 aromatic rings. The van der Waals surface area contributed by atoms with Crippen molar-refractivity contribution in [3.05, 3.63) is 92.9 Å². The molecule has 32 heavy (non-hydrogen) atoms. The Morgan fingerprint density at radius 2 is 1.88 bits per heavy atom. The van der Waals surface area contributed by atoms with Crippen molar-refractivity contribution in [3.8, 4) is 22.8 Å². The van der Waals surface area contributed by atoms with Gasteiger partial charge in [0.2, 0.25) is 0 Å². The van der Waals surface area contributed by atoms with Crippen LogP contribution in [0.4, 0.5) is 8.78 Å².